The van der Waals surface area contributed by atoms with E-state index in [-0.39, 0.29) is 15.6 Å². The standard InChI is InChI=1S/C18H12F2O2S2/c1-3-15(21)23-12-7-5-11(6-8-12)13-9-10-14(18(20)17(13)19)24-16(22)4-2/h3-10H,1-2H2. The molecule has 24 heavy (non-hydrogen) atoms. The first kappa shape index (κ1) is 18.2. The zero-order valence-electron chi connectivity index (χ0n) is 12.4. The molecule has 0 spiro atoms. The normalized spacial score (nSPS) is 10.2. The van der Waals surface area contributed by atoms with Gasteiger partial charge in [-0.3, -0.25) is 9.59 Å². The third kappa shape index (κ3) is 4.21. The fourth-order valence-electron chi connectivity index (χ4n) is 1.84. The molecule has 0 unspecified atom stereocenters. The molecule has 0 bridgehead atoms. The van der Waals surface area contributed by atoms with Crippen molar-refractivity contribution in [2.24, 2.45) is 0 Å². The Kier molecular flexibility index (Phi) is 6.11. The predicted molar refractivity (Wildman–Crippen MR) is 93.9 cm³/mol. The van der Waals surface area contributed by atoms with Crippen molar-refractivity contribution >= 4 is 33.8 Å². The Morgan fingerprint density at radius 2 is 1.42 bits per heavy atom. The van der Waals surface area contributed by atoms with E-state index in [1.54, 1.807) is 24.3 Å². The zero-order valence-corrected chi connectivity index (χ0v) is 14.1. The van der Waals surface area contributed by atoms with E-state index in [0.29, 0.717) is 22.2 Å². The first-order chi connectivity index (χ1) is 11.5. The van der Waals surface area contributed by atoms with Gasteiger partial charge in [-0.05, 0) is 59.4 Å². The highest BCUT2D eigenvalue weighted by molar-refractivity contribution is 8.14. The van der Waals surface area contributed by atoms with Gasteiger partial charge in [-0.25, -0.2) is 8.78 Å². The minimum absolute atomic E-state index is 0.0782. The molecule has 2 nitrogen and oxygen atoms in total. The van der Waals surface area contributed by atoms with Crippen molar-refractivity contribution in [3.63, 3.8) is 0 Å². The summed E-state index contributed by atoms with van der Waals surface area (Å²) in [4.78, 5) is 23.1. The summed E-state index contributed by atoms with van der Waals surface area (Å²) < 4.78 is 28.4. The van der Waals surface area contributed by atoms with Crippen LogP contribution in [-0.2, 0) is 9.59 Å². The maximum Gasteiger partial charge on any atom is 0.216 e. The van der Waals surface area contributed by atoms with E-state index in [1.165, 1.54) is 18.2 Å². The van der Waals surface area contributed by atoms with Crippen LogP contribution in [0.2, 0.25) is 0 Å². The van der Waals surface area contributed by atoms with Gasteiger partial charge in [0.1, 0.15) is 0 Å². The topological polar surface area (TPSA) is 34.1 Å². The number of hydrogen-bond donors (Lipinski definition) is 0. The van der Waals surface area contributed by atoms with Gasteiger partial charge in [0.05, 0.1) is 4.90 Å². The predicted octanol–water partition coefficient (Wildman–Crippen LogP) is 5.24. The molecule has 0 aliphatic rings. The Morgan fingerprint density at radius 1 is 0.833 bits per heavy atom. The summed E-state index contributed by atoms with van der Waals surface area (Å²) >= 11 is 1.57. The maximum atomic E-state index is 14.3. The van der Waals surface area contributed by atoms with Gasteiger partial charge in [-0.1, -0.05) is 31.4 Å². The number of hydrogen-bond acceptors (Lipinski definition) is 4. The molecule has 6 heteroatoms. The summed E-state index contributed by atoms with van der Waals surface area (Å²) in [5, 5.41) is -0.664. The molecule has 0 heterocycles. The van der Waals surface area contributed by atoms with E-state index < -0.39 is 16.7 Å². The van der Waals surface area contributed by atoms with Gasteiger partial charge >= 0.3 is 0 Å². The van der Waals surface area contributed by atoms with E-state index in [4.69, 9.17) is 0 Å². The molecular formula is C18H12F2O2S2. The number of carbonyl (C=O) groups is 2. The molecule has 2 rings (SSSR count). The third-order valence-corrected chi connectivity index (χ3v) is 4.75. The van der Waals surface area contributed by atoms with Gasteiger partial charge in [0.15, 0.2) is 11.6 Å². The average Bonchev–Trinajstić information content (AvgIpc) is 2.59. The highest BCUT2D eigenvalue weighted by atomic mass is 32.2. The third-order valence-electron chi connectivity index (χ3n) is 2.97. The molecule has 0 aliphatic carbocycles. The summed E-state index contributed by atoms with van der Waals surface area (Å²) in [5.41, 5.74) is 0.544. The summed E-state index contributed by atoms with van der Waals surface area (Å²) in [6.07, 6.45) is 2.24. The summed E-state index contributed by atoms with van der Waals surface area (Å²) in [6.45, 7) is 6.67. The van der Waals surface area contributed by atoms with Gasteiger partial charge in [-0.15, -0.1) is 0 Å². The lowest BCUT2D eigenvalue weighted by molar-refractivity contribution is -0.107. The fraction of sp³-hybridized carbons (Fsp3) is 0. The van der Waals surface area contributed by atoms with Crippen LogP contribution in [0.25, 0.3) is 11.1 Å². The molecule has 0 aliphatic heterocycles. The molecule has 122 valence electrons. The van der Waals surface area contributed by atoms with Gasteiger partial charge < -0.3 is 0 Å². The van der Waals surface area contributed by atoms with Crippen LogP contribution < -0.4 is 0 Å². The van der Waals surface area contributed by atoms with Crippen LogP contribution in [0.5, 0.6) is 0 Å². The second-order valence-electron chi connectivity index (χ2n) is 4.51. The SMILES string of the molecule is C=CC(=O)Sc1ccc(-c2ccc(SC(=O)C=C)c(F)c2F)cc1. The van der Waals surface area contributed by atoms with E-state index >= 15 is 0 Å². The minimum atomic E-state index is -1.08. The highest BCUT2D eigenvalue weighted by Gasteiger charge is 2.16. The van der Waals surface area contributed by atoms with Gasteiger partial charge in [0, 0.05) is 10.5 Å². The van der Waals surface area contributed by atoms with Crippen LogP contribution in [0.15, 0.2) is 71.5 Å². The monoisotopic (exact) mass is 362 g/mol. The lowest BCUT2D eigenvalue weighted by atomic mass is 10.1. The Labute approximate surface area is 146 Å². The average molecular weight is 362 g/mol. The molecule has 2 aromatic carbocycles. The van der Waals surface area contributed by atoms with Crippen molar-refractivity contribution in [3.05, 3.63) is 73.3 Å². The largest absolute Gasteiger partial charge is 0.282 e. The van der Waals surface area contributed by atoms with E-state index in [2.05, 4.69) is 13.2 Å². The molecule has 2 aromatic rings. The first-order valence-electron chi connectivity index (χ1n) is 6.73. The quantitative estimate of drug-likeness (QED) is 0.538. The first-order valence-corrected chi connectivity index (χ1v) is 8.36. The molecule has 0 saturated heterocycles. The molecule has 0 aromatic heterocycles. The molecule has 0 amide bonds. The van der Waals surface area contributed by atoms with Crippen molar-refractivity contribution < 1.29 is 18.4 Å². The van der Waals surface area contributed by atoms with Crippen LogP contribution in [0.1, 0.15) is 0 Å². The van der Waals surface area contributed by atoms with Crippen LogP contribution in [0.3, 0.4) is 0 Å². The molecule has 0 atom stereocenters. The van der Waals surface area contributed by atoms with E-state index in [0.717, 1.165) is 17.8 Å². The molecule has 0 radical (unpaired) electrons. The van der Waals surface area contributed by atoms with Crippen molar-refractivity contribution in [1.82, 2.24) is 0 Å². The van der Waals surface area contributed by atoms with Gasteiger partial charge in [0.2, 0.25) is 10.2 Å². The van der Waals surface area contributed by atoms with E-state index in [9.17, 15) is 18.4 Å². The second kappa shape index (κ2) is 8.08. The smallest absolute Gasteiger partial charge is 0.216 e. The molecule has 0 N–H and O–H groups in total. The summed E-state index contributed by atoms with van der Waals surface area (Å²) in [6, 6.07) is 9.24. The van der Waals surface area contributed by atoms with Crippen LogP contribution in [-0.4, -0.2) is 10.2 Å². The van der Waals surface area contributed by atoms with Crippen LogP contribution in [0.4, 0.5) is 8.78 Å². The Bertz CT molecular complexity index is 815. The van der Waals surface area contributed by atoms with Crippen LogP contribution >= 0.6 is 23.5 Å². The van der Waals surface area contributed by atoms with Crippen LogP contribution in [0, 0.1) is 11.6 Å². The maximum absolute atomic E-state index is 14.3. The number of carbonyl (C=O) groups excluding carboxylic acids is 2. The number of thioether (sulfide) groups is 2. The Balaban J connectivity index is 2.30. The van der Waals surface area contributed by atoms with Crippen molar-refractivity contribution in [3.8, 4) is 11.1 Å². The minimum Gasteiger partial charge on any atom is -0.282 e. The molecule has 0 saturated carbocycles. The Hall–Kier alpha value is -2.18. The van der Waals surface area contributed by atoms with Crippen molar-refractivity contribution in [1.29, 1.82) is 0 Å². The Morgan fingerprint density at radius 3 is 2.00 bits per heavy atom. The van der Waals surface area contributed by atoms with Crippen molar-refractivity contribution in [2.45, 2.75) is 9.79 Å². The van der Waals surface area contributed by atoms with Gasteiger partial charge in [0.25, 0.3) is 0 Å². The molecule has 0 fully saturated rings. The summed E-state index contributed by atoms with van der Waals surface area (Å²) in [7, 11) is 0. The fourth-order valence-corrected chi connectivity index (χ4v) is 3.05. The summed E-state index contributed by atoms with van der Waals surface area (Å²) in [5.74, 6) is -2.10. The van der Waals surface area contributed by atoms with Gasteiger partial charge in [-0.2, -0.15) is 0 Å². The highest BCUT2D eigenvalue weighted by Crippen LogP contribution is 2.32. The van der Waals surface area contributed by atoms with E-state index in [1.807, 2.05) is 0 Å². The number of rotatable bonds is 5. The van der Waals surface area contributed by atoms with Crippen molar-refractivity contribution in [2.75, 3.05) is 0 Å². The number of halogens is 2. The lowest BCUT2D eigenvalue weighted by Crippen LogP contribution is -1.95. The number of benzene rings is 2. The lowest BCUT2D eigenvalue weighted by Gasteiger charge is -2.08. The molecular weight excluding hydrogens is 350 g/mol. The zero-order chi connectivity index (χ0) is 17.7. The second-order valence-corrected chi connectivity index (χ2v) is 6.64.